The van der Waals surface area contributed by atoms with Gasteiger partial charge >= 0.3 is 0 Å². The first-order chi connectivity index (χ1) is 11.7. The van der Waals surface area contributed by atoms with Crippen molar-refractivity contribution >= 4 is 5.69 Å². The van der Waals surface area contributed by atoms with E-state index in [9.17, 15) is 0 Å². The summed E-state index contributed by atoms with van der Waals surface area (Å²) in [5.41, 5.74) is 12.7. The van der Waals surface area contributed by atoms with Crippen LogP contribution in [0.15, 0.2) is 71.3 Å². The summed E-state index contributed by atoms with van der Waals surface area (Å²) in [6.07, 6.45) is 0. The van der Waals surface area contributed by atoms with Crippen LogP contribution in [0.1, 0.15) is 5.69 Å². The van der Waals surface area contributed by atoms with E-state index in [-0.39, 0.29) is 0 Å². The number of nitrogens with one attached hydrogen (secondary N) is 1. The minimum Gasteiger partial charge on any atom is -0.396 e. The zero-order valence-corrected chi connectivity index (χ0v) is 13.3. The second kappa shape index (κ2) is 5.74. The predicted octanol–water partition coefficient (Wildman–Crippen LogP) is 4.89. The van der Waals surface area contributed by atoms with Crippen LogP contribution in [0.5, 0.6) is 0 Å². The first-order valence-corrected chi connectivity index (χ1v) is 7.80. The van der Waals surface area contributed by atoms with E-state index in [4.69, 9.17) is 10.3 Å². The number of anilines is 1. The second-order valence-corrected chi connectivity index (χ2v) is 5.73. The number of H-pyrrole nitrogens is 1. The van der Waals surface area contributed by atoms with Crippen LogP contribution in [0.3, 0.4) is 0 Å². The smallest absolute Gasteiger partial charge is 0.171 e. The van der Waals surface area contributed by atoms with Gasteiger partial charge in [-0.3, -0.25) is 0 Å². The summed E-state index contributed by atoms with van der Waals surface area (Å²) in [6, 6.07) is 22.0. The van der Waals surface area contributed by atoms with Gasteiger partial charge in [-0.15, -0.1) is 0 Å². The molecule has 0 bridgehead atoms. The maximum absolute atomic E-state index is 6.50. The fourth-order valence-electron chi connectivity index (χ4n) is 2.91. The summed E-state index contributed by atoms with van der Waals surface area (Å²) < 4.78 is 5.49. The Bertz CT molecular complexity index is 969. The zero-order chi connectivity index (χ0) is 16.5. The molecule has 0 saturated carbocycles. The van der Waals surface area contributed by atoms with Gasteiger partial charge in [0.2, 0.25) is 0 Å². The number of aromatic amines is 1. The van der Waals surface area contributed by atoms with Gasteiger partial charge in [0.05, 0.1) is 28.3 Å². The van der Waals surface area contributed by atoms with E-state index in [2.05, 4.69) is 10.1 Å². The van der Waals surface area contributed by atoms with Crippen molar-refractivity contribution in [1.29, 1.82) is 0 Å². The van der Waals surface area contributed by atoms with Crippen LogP contribution in [0, 0.1) is 6.92 Å². The number of aryl methyl sites for hydroxylation is 1. The first-order valence-electron chi connectivity index (χ1n) is 7.80. The Kier molecular flexibility index (Phi) is 3.43. The summed E-state index contributed by atoms with van der Waals surface area (Å²) in [5.74, 6) is 0.669. The Morgan fingerprint density at radius 3 is 2.00 bits per heavy atom. The van der Waals surface area contributed by atoms with Crippen LogP contribution in [0.25, 0.3) is 33.8 Å². The van der Waals surface area contributed by atoms with Crippen molar-refractivity contribution in [1.82, 2.24) is 10.1 Å². The highest BCUT2D eigenvalue weighted by atomic mass is 16.5. The molecule has 118 valence electrons. The molecule has 0 aliphatic carbocycles. The molecule has 2 heterocycles. The normalized spacial score (nSPS) is 10.9. The number of nitrogens with two attached hydrogens (primary N) is 1. The molecule has 0 atom stereocenters. The summed E-state index contributed by atoms with van der Waals surface area (Å²) in [7, 11) is 0. The van der Waals surface area contributed by atoms with E-state index in [1.165, 1.54) is 0 Å². The molecule has 0 amide bonds. The molecule has 2 aromatic carbocycles. The molecular formula is C20H17N3O. The molecule has 0 radical (unpaired) electrons. The highest BCUT2D eigenvalue weighted by molar-refractivity contribution is 5.96. The largest absolute Gasteiger partial charge is 0.396 e. The van der Waals surface area contributed by atoms with Gasteiger partial charge in [0.15, 0.2) is 5.76 Å². The summed E-state index contributed by atoms with van der Waals surface area (Å²) in [6.45, 7) is 1.90. The molecule has 0 fully saturated rings. The van der Waals surface area contributed by atoms with E-state index in [1.807, 2.05) is 73.7 Å². The van der Waals surface area contributed by atoms with Crippen LogP contribution in [-0.4, -0.2) is 10.1 Å². The van der Waals surface area contributed by atoms with Crippen molar-refractivity contribution in [2.45, 2.75) is 6.92 Å². The van der Waals surface area contributed by atoms with Gasteiger partial charge in [0.1, 0.15) is 0 Å². The number of rotatable bonds is 3. The molecule has 3 N–H and O–H groups in total. The molecule has 4 heteroatoms. The summed E-state index contributed by atoms with van der Waals surface area (Å²) in [5, 5.41) is 4.01. The Morgan fingerprint density at radius 1 is 0.875 bits per heavy atom. The highest BCUT2D eigenvalue weighted by Crippen LogP contribution is 2.42. The van der Waals surface area contributed by atoms with Crippen LogP contribution >= 0.6 is 0 Å². The third-order valence-electron chi connectivity index (χ3n) is 4.04. The van der Waals surface area contributed by atoms with Crippen molar-refractivity contribution in [3.63, 3.8) is 0 Å². The fraction of sp³-hybridized carbons (Fsp3) is 0.0500. The number of hydrogen-bond acceptors (Lipinski definition) is 3. The Labute approximate surface area is 139 Å². The minimum atomic E-state index is 0.663. The first kappa shape index (κ1) is 14.3. The molecule has 4 rings (SSSR count). The van der Waals surface area contributed by atoms with E-state index in [0.717, 1.165) is 33.8 Å². The van der Waals surface area contributed by atoms with Gasteiger partial charge in [0.25, 0.3) is 0 Å². The van der Waals surface area contributed by atoms with Crippen molar-refractivity contribution < 1.29 is 4.52 Å². The van der Waals surface area contributed by atoms with Gasteiger partial charge in [-0.1, -0.05) is 65.8 Å². The molecule has 0 aliphatic rings. The lowest BCUT2D eigenvalue weighted by Crippen LogP contribution is -1.89. The van der Waals surface area contributed by atoms with Crippen molar-refractivity contribution in [3.8, 4) is 33.8 Å². The van der Waals surface area contributed by atoms with Gasteiger partial charge < -0.3 is 15.2 Å². The number of benzene rings is 2. The number of nitrogens with zero attached hydrogens (tertiary/aromatic N) is 1. The molecule has 0 aliphatic heterocycles. The Hall–Kier alpha value is -3.27. The highest BCUT2D eigenvalue weighted by Gasteiger charge is 2.21. The predicted molar refractivity (Wildman–Crippen MR) is 96.3 cm³/mol. The van der Waals surface area contributed by atoms with Crippen molar-refractivity contribution in [2.75, 3.05) is 5.73 Å². The monoisotopic (exact) mass is 315 g/mol. The van der Waals surface area contributed by atoms with Crippen LogP contribution in [0.2, 0.25) is 0 Å². The fourth-order valence-corrected chi connectivity index (χ4v) is 2.91. The van der Waals surface area contributed by atoms with Gasteiger partial charge in [-0.25, -0.2) is 0 Å². The molecule has 4 nitrogen and oxygen atoms in total. The number of aromatic nitrogens is 2. The van der Waals surface area contributed by atoms with Crippen LogP contribution in [-0.2, 0) is 0 Å². The molecular weight excluding hydrogens is 298 g/mol. The minimum absolute atomic E-state index is 0.663. The molecule has 24 heavy (non-hydrogen) atoms. The molecule has 4 aromatic rings. The Morgan fingerprint density at radius 2 is 1.46 bits per heavy atom. The van der Waals surface area contributed by atoms with E-state index < -0.39 is 0 Å². The molecule has 0 unspecified atom stereocenters. The number of hydrogen-bond donors (Lipinski definition) is 2. The molecule has 0 saturated heterocycles. The lowest BCUT2D eigenvalue weighted by molar-refractivity contribution is 0.427. The average Bonchev–Trinajstić information content (AvgIpc) is 3.19. The van der Waals surface area contributed by atoms with E-state index in [0.29, 0.717) is 11.4 Å². The van der Waals surface area contributed by atoms with E-state index in [1.54, 1.807) is 0 Å². The maximum atomic E-state index is 6.50. The van der Waals surface area contributed by atoms with Crippen LogP contribution in [0.4, 0.5) is 5.69 Å². The topological polar surface area (TPSA) is 67.8 Å². The van der Waals surface area contributed by atoms with Crippen molar-refractivity contribution in [3.05, 3.63) is 72.4 Å². The summed E-state index contributed by atoms with van der Waals surface area (Å²) in [4.78, 5) is 3.48. The van der Waals surface area contributed by atoms with Gasteiger partial charge in [-0.2, -0.15) is 0 Å². The third kappa shape index (κ3) is 2.38. The lowest BCUT2D eigenvalue weighted by Gasteiger charge is -2.02. The zero-order valence-electron chi connectivity index (χ0n) is 13.3. The van der Waals surface area contributed by atoms with Crippen molar-refractivity contribution in [2.24, 2.45) is 0 Å². The third-order valence-corrected chi connectivity index (χ3v) is 4.04. The maximum Gasteiger partial charge on any atom is 0.171 e. The quantitative estimate of drug-likeness (QED) is 0.565. The standard InChI is InChI=1S/C20H17N3O/c1-13-12-16(24-23-13)17-18(21)20(15-10-6-3-7-11-15)22-19(17)14-8-4-2-5-9-14/h2-12,22H,21H2,1H3. The summed E-state index contributed by atoms with van der Waals surface area (Å²) >= 11 is 0. The lowest BCUT2D eigenvalue weighted by atomic mass is 10.0. The number of nitrogen functional groups attached to an aromatic ring is 1. The Balaban J connectivity index is 1.98. The van der Waals surface area contributed by atoms with Gasteiger partial charge in [0, 0.05) is 11.6 Å². The van der Waals surface area contributed by atoms with Crippen LogP contribution < -0.4 is 5.73 Å². The average molecular weight is 315 g/mol. The molecule has 2 aromatic heterocycles. The SMILES string of the molecule is Cc1cc(-c2c(-c3ccccc3)[nH]c(-c3ccccc3)c2N)on1. The van der Waals surface area contributed by atoms with E-state index >= 15 is 0 Å². The second-order valence-electron chi connectivity index (χ2n) is 5.73. The van der Waals surface area contributed by atoms with Gasteiger partial charge in [-0.05, 0) is 12.5 Å². The molecule has 0 spiro atoms.